The molecule has 2 rings (SSSR count). The second-order valence-electron chi connectivity index (χ2n) is 3.41. The third-order valence-corrected chi connectivity index (χ3v) is 2.83. The van der Waals surface area contributed by atoms with Gasteiger partial charge in [-0.25, -0.2) is 0 Å². The summed E-state index contributed by atoms with van der Waals surface area (Å²) < 4.78 is 0.951. The molecule has 3 nitrogen and oxygen atoms in total. The third kappa shape index (κ3) is 1.98. The molecule has 12 heavy (non-hydrogen) atoms. The smallest absolute Gasteiger partial charge is 0.146 e. The molecule has 0 bridgehead atoms. The van der Waals surface area contributed by atoms with Gasteiger partial charge in [-0.05, 0) is 41.9 Å². The molecule has 0 N–H and O–H groups in total. The van der Waals surface area contributed by atoms with Crippen LogP contribution in [0.1, 0.15) is 19.3 Å². The largest absolute Gasteiger partial charge is 0.390 e. The van der Waals surface area contributed by atoms with Crippen LogP contribution in [-0.4, -0.2) is 35.3 Å². The fourth-order valence-electron chi connectivity index (χ4n) is 1.75. The van der Waals surface area contributed by atoms with Crippen LogP contribution in [0.15, 0.2) is 5.16 Å². The maximum absolute atomic E-state index is 5.23. The van der Waals surface area contributed by atoms with E-state index in [1.807, 2.05) is 0 Å². The topological polar surface area (TPSA) is 24.8 Å². The lowest BCUT2D eigenvalue weighted by molar-refractivity contribution is 0.0589. The SMILES string of the molecule is BrC1=NO[C@@H](CN2CCCC2)C1. The Hall–Kier alpha value is -0.0900. The molecule has 1 fully saturated rings. The van der Waals surface area contributed by atoms with Crippen LogP contribution in [0, 0.1) is 0 Å². The van der Waals surface area contributed by atoms with E-state index in [0.717, 1.165) is 17.6 Å². The minimum absolute atomic E-state index is 0.289. The van der Waals surface area contributed by atoms with Crippen molar-refractivity contribution in [2.45, 2.75) is 25.4 Å². The highest BCUT2D eigenvalue weighted by Gasteiger charge is 2.23. The van der Waals surface area contributed by atoms with Gasteiger partial charge < -0.3 is 4.84 Å². The van der Waals surface area contributed by atoms with Gasteiger partial charge in [0.25, 0.3) is 0 Å². The summed E-state index contributed by atoms with van der Waals surface area (Å²) in [4.78, 5) is 7.68. The Morgan fingerprint density at radius 1 is 1.50 bits per heavy atom. The van der Waals surface area contributed by atoms with Crippen LogP contribution in [0.3, 0.4) is 0 Å². The first-order valence-corrected chi connectivity index (χ1v) is 5.24. The van der Waals surface area contributed by atoms with E-state index in [9.17, 15) is 0 Å². The summed E-state index contributed by atoms with van der Waals surface area (Å²) in [5.74, 6) is 0. The van der Waals surface area contributed by atoms with Gasteiger partial charge in [0.2, 0.25) is 0 Å². The number of hydrogen-bond donors (Lipinski definition) is 0. The lowest BCUT2D eigenvalue weighted by Crippen LogP contribution is -2.29. The Morgan fingerprint density at radius 2 is 2.25 bits per heavy atom. The third-order valence-electron chi connectivity index (χ3n) is 2.36. The molecule has 1 atom stereocenters. The minimum atomic E-state index is 0.289. The van der Waals surface area contributed by atoms with E-state index in [1.54, 1.807) is 0 Å². The fraction of sp³-hybridized carbons (Fsp3) is 0.875. The number of rotatable bonds is 2. The standard InChI is InChI=1S/C8H13BrN2O/c9-8-5-7(12-10-8)6-11-3-1-2-4-11/h7H,1-6H2/t7-/m1/s1. The van der Waals surface area contributed by atoms with Gasteiger partial charge in [0, 0.05) is 13.0 Å². The molecule has 2 aliphatic heterocycles. The van der Waals surface area contributed by atoms with Crippen LogP contribution < -0.4 is 0 Å². The second kappa shape index (κ2) is 3.75. The minimum Gasteiger partial charge on any atom is -0.390 e. The predicted octanol–water partition coefficient (Wildman–Crippen LogP) is 1.58. The van der Waals surface area contributed by atoms with Crippen LogP contribution >= 0.6 is 15.9 Å². The van der Waals surface area contributed by atoms with E-state index >= 15 is 0 Å². The number of hydrogen-bond acceptors (Lipinski definition) is 3. The van der Waals surface area contributed by atoms with E-state index in [1.165, 1.54) is 25.9 Å². The van der Waals surface area contributed by atoms with Crippen molar-refractivity contribution in [1.82, 2.24) is 4.90 Å². The van der Waals surface area contributed by atoms with Crippen LogP contribution in [0.25, 0.3) is 0 Å². The molecule has 0 amide bonds. The lowest BCUT2D eigenvalue weighted by Gasteiger charge is -2.17. The van der Waals surface area contributed by atoms with Gasteiger partial charge in [-0.1, -0.05) is 5.16 Å². The Bertz CT molecular complexity index is 189. The monoisotopic (exact) mass is 232 g/mol. The first kappa shape index (κ1) is 8.51. The molecule has 0 aromatic heterocycles. The Balaban J connectivity index is 1.74. The zero-order chi connectivity index (χ0) is 8.39. The number of halogens is 1. The summed E-state index contributed by atoms with van der Waals surface area (Å²) in [6, 6.07) is 0. The normalized spacial score (nSPS) is 30.4. The van der Waals surface area contributed by atoms with E-state index in [-0.39, 0.29) is 6.10 Å². The maximum Gasteiger partial charge on any atom is 0.146 e. The van der Waals surface area contributed by atoms with E-state index in [2.05, 4.69) is 26.0 Å². The van der Waals surface area contributed by atoms with Crippen molar-refractivity contribution in [3.63, 3.8) is 0 Å². The van der Waals surface area contributed by atoms with Crippen molar-refractivity contribution in [2.24, 2.45) is 5.16 Å². The number of oxime groups is 1. The van der Waals surface area contributed by atoms with E-state index in [0.29, 0.717) is 0 Å². The Kier molecular flexibility index (Phi) is 2.66. The first-order chi connectivity index (χ1) is 5.84. The van der Waals surface area contributed by atoms with Crippen LogP contribution in [-0.2, 0) is 4.84 Å². The predicted molar refractivity (Wildman–Crippen MR) is 51.5 cm³/mol. The Labute approximate surface area is 80.9 Å². The summed E-state index contributed by atoms with van der Waals surface area (Å²) in [5.41, 5.74) is 0. The average Bonchev–Trinajstić information content (AvgIpc) is 2.63. The van der Waals surface area contributed by atoms with Crippen molar-refractivity contribution in [1.29, 1.82) is 0 Å². The highest BCUT2D eigenvalue weighted by molar-refractivity contribution is 9.18. The Morgan fingerprint density at radius 3 is 2.83 bits per heavy atom. The average molecular weight is 233 g/mol. The number of nitrogens with zero attached hydrogens (tertiary/aromatic N) is 2. The van der Waals surface area contributed by atoms with Gasteiger partial charge in [-0.15, -0.1) is 0 Å². The highest BCUT2D eigenvalue weighted by atomic mass is 79.9. The quantitative estimate of drug-likeness (QED) is 0.723. The van der Waals surface area contributed by atoms with Crippen molar-refractivity contribution >= 4 is 20.6 Å². The van der Waals surface area contributed by atoms with Crippen molar-refractivity contribution < 1.29 is 4.84 Å². The fourth-order valence-corrected chi connectivity index (χ4v) is 2.19. The van der Waals surface area contributed by atoms with Crippen molar-refractivity contribution in [3.8, 4) is 0 Å². The summed E-state index contributed by atoms with van der Waals surface area (Å²) >= 11 is 3.33. The molecule has 4 heteroatoms. The van der Waals surface area contributed by atoms with Gasteiger partial charge in [0.05, 0.1) is 0 Å². The van der Waals surface area contributed by atoms with Crippen LogP contribution in [0.4, 0.5) is 0 Å². The summed E-state index contributed by atoms with van der Waals surface area (Å²) in [6.45, 7) is 3.51. The van der Waals surface area contributed by atoms with Gasteiger partial charge in [0.1, 0.15) is 10.7 Å². The molecule has 68 valence electrons. The van der Waals surface area contributed by atoms with Crippen molar-refractivity contribution in [3.05, 3.63) is 0 Å². The molecule has 0 saturated carbocycles. The molecule has 1 saturated heterocycles. The van der Waals surface area contributed by atoms with Gasteiger partial charge in [-0.2, -0.15) is 0 Å². The highest BCUT2D eigenvalue weighted by Crippen LogP contribution is 2.17. The molecular formula is C8H13BrN2O. The number of likely N-dealkylation sites (tertiary alicyclic amines) is 1. The molecule has 2 heterocycles. The first-order valence-electron chi connectivity index (χ1n) is 4.45. The summed E-state index contributed by atoms with van der Waals surface area (Å²) in [7, 11) is 0. The van der Waals surface area contributed by atoms with E-state index in [4.69, 9.17) is 4.84 Å². The van der Waals surface area contributed by atoms with Gasteiger partial charge in [0.15, 0.2) is 0 Å². The zero-order valence-corrected chi connectivity index (χ0v) is 8.59. The lowest BCUT2D eigenvalue weighted by atomic mass is 10.2. The molecule has 2 aliphatic rings. The van der Waals surface area contributed by atoms with Crippen molar-refractivity contribution in [2.75, 3.05) is 19.6 Å². The van der Waals surface area contributed by atoms with Gasteiger partial charge in [-0.3, -0.25) is 4.90 Å². The molecule has 0 aliphatic carbocycles. The molecule has 0 aromatic rings. The molecule has 0 unspecified atom stereocenters. The molecular weight excluding hydrogens is 220 g/mol. The summed E-state index contributed by atoms with van der Waals surface area (Å²) in [5, 5.41) is 3.87. The van der Waals surface area contributed by atoms with Gasteiger partial charge >= 0.3 is 0 Å². The molecule has 0 aromatic carbocycles. The maximum atomic E-state index is 5.23. The van der Waals surface area contributed by atoms with E-state index < -0.39 is 0 Å². The van der Waals surface area contributed by atoms with Crippen LogP contribution in [0.5, 0.6) is 0 Å². The summed E-state index contributed by atoms with van der Waals surface area (Å²) in [6.07, 6.45) is 3.91. The second-order valence-corrected chi connectivity index (χ2v) is 4.32. The molecule has 0 spiro atoms. The molecule has 0 radical (unpaired) electrons. The zero-order valence-electron chi connectivity index (χ0n) is 7.00. The van der Waals surface area contributed by atoms with Crippen LogP contribution in [0.2, 0.25) is 0 Å².